The van der Waals surface area contributed by atoms with E-state index in [2.05, 4.69) is 6.07 Å². The molecule has 0 spiro atoms. The third kappa shape index (κ3) is 3.99. The van der Waals surface area contributed by atoms with Gasteiger partial charge in [0.05, 0.1) is 18.1 Å². The fourth-order valence-corrected chi connectivity index (χ4v) is 1.86. The second kappa shape index (κ2) is 6.31. The van der Waals surface area contributed by atoms with Crippen LogP contribution in [0.3, 0.4) is 0 Å². The van der Waals surface area contributed by atoms with Crippen LogP contribution < -0.4 is 4.74 Å². The molecule has 0 aliphatic rings. The summed E-state index contributed by atoms with van der Waals surface area (Å²) in [5.41, 5.74) is 0.991. The van der Waals surface area contributed by atoms with Gasteiger partial charge >= 0.3 is 6.18 Å². The molecule has 0 bridgehead atoms. The molecule has 0 heterocycles. The molecule has 0 aromatic heterocycles. The first-order chi connectivity index (χ1) is 10.0. The molecule has 2 rings (SSSR count). The molecule has 2 aromatic carbocycles. The van der Waals surface area contributed by atoms with Gasteiger partial charge in [0.15, 0.2) is 0 Å². The zero-order valence-electron chi connectivity index (χ0n) is 11.0. The predicted octanol–water partition coefficient (Wildman–Crippen LogP) is 4.35. The van der Waals surface area contributed by atoms with Crippen molar-refractivity contribution in [3.8, 4) is 11.8 Å². The van der Waals surface area contributed by atoms with Crippen molar-refractivity contribution in [1.82, 2.24) is 0 Å². The maximum atomic E-state index is 12.4. The minimum Gasteiger partial charge on any atom is -0.489 e. The van der Waals surface area contributed by atoms with Gasteiger partial charge in [-0.2, -0.15) is 18.4 Å². The predicted molar refractivity (Wildman–Crippen MR) is 71.5 cm³/mol. The highest BCUT2D eigenvalue weighted by molar-refractivity contribution is 5.31. The van der Waals surface area contributed by atoms with Gasteiger partial charge in [-0.25, -0.2) is 0 Å². The minimum absolute atomic E-state index is 0.212. The summed E-state index contributed by atoms with van der Waals surface area (Å²) in [5.74, 6) is 0.356. The van der Waals surface area contributed by atoms with E-state index in [9.17, 15) is 13.2 Å². The third-order valence-electron chi connectivity index (χ3n) is 2.96. The molecule has 0 saturated carbocycles. The Labute approximate surface area is 120 Å². The topological polar surface area (TPSA) is 33.0 Å². The van der Waals surface area contributed by atoms with Crippen molar-refractivity contribution < 1.29 is 17.9 Å². The minimum atomic E-state index is -4.35. The van der Waals surface area contributed by atoms with Gasteiger partial charge in [-0.05, 0) is 35.4 Å². The molecule has 21 heavy (non-hydrogen) atoms. The molecule has 2 nitrogen and oxygen atoms in total. The molecular weight excluding hydrogens is 279 g/mol. The molecule has 0 saturated heterocycles. The largest absolute Gasteiger partial charge is 0.489 e. The highest BCUT2D eigenvalue weighted by atomic mass is 19.4. The Morgan fingerprint density at radius 1 is 0.952 bits per heavy atom. The van der Waals surface area contributed by atoms with E-state index in [0.29, 0.717) is 5.75 Å². The maximum absolute atomic E-state index is 12.4. The normalized spacial score (nSPS) is 11.0. The number of nitrogens with zero attached hydrogens (tertiary/aromatic N) is 1. The molecule has 0 radical (unpaired) electrons. The first-order valence-electron chi connectivity index (χ1n) is 6.24. The number of halogens is 3. The SMILES string of the molecule is N#CCc1ccccc1COc1ccc(C(F)(F)F)cc1. The van der Waals surface area contributed by atoms with Gasteiger partial charge in [0, 0.05) is 0 Å². The van der Waals surface area contributed by atoms with Gasteiger partial charge in [0.2, 0.25) is 0 Å². The van der Waals surface area contributed by atoms with Gasteiger partial charge in [-0.1, -0.05) is 24.3 Å². The Hall–Kier alpha value is -2.48. The molecule has 108 valence electrons. The number of rotatable bonds is 4. The molecule has 0 amide bonds. The molecular formula is C16H12F3NO. The fourth-order valence-electron chi connectivity index (χ4n) is 1.86. The summed E-state index contributed by atoms with van der Waals surface area (Å²) in [6, 6.07) is 13.9. The van der Waals surface area contributed by atoms with Gasteiger partial charge in [0.25, 0.3) is 0 Å². The fraction of sp³-hybridized carbons (Fsp3) is 0.188. The lowest BCUT2D eigenvalue weighted by Gasteiger charge is -2.11. The van der Waals surface area contributed by atoms with Crippen molar-refractivity contribution in [2.24, 2.45) is 0 Å². The van der Waals surface area contributed by atoms with Crippen molar-refractivity contribution in [2.75, 3.05) is 0 Å². The number of hydrogen-bond donors (Lipinski definition) is 0. The molecule has 0 N–H and O–H groups in total. The van der Waals surface area contributed by atoms with E-state index in [1.165, 1.54) is 12.1 Å². The Balaban J connectivity index is 2.05. The van der Waals surface area contributed by atoms with Crippen molar-refractivity contribution in [2.45, 2.75) is 19.2 Å². The summed E-state index contributed by atoms with van der Waals surface area (Å²) in [6.07, 6.45) is -4.08. The van der Waals surface area contributed by atoms with Crippen molar-refractivity contribution >= 4 is 0 Å². The van der Waals surface area contributed by atoms with Crippen LogP contribution >= 0.6 is 0 Å². The summed E-state index contributed by atoms with van der Waals surface area (Å²) in [5, 5.41) is 8.74. The highest BCUT2D eigenvalue weighted by Crippen LogP contribution is 2.30. The first kappa shape index (κ1) is 14.9. The van der Waals surface area contributed by atoms with E-state index in [-0.39, 0.29) is 13.0 Å². The van der Waals surface area contributed by atoms with E-state index in [1.54, 1.807) is 0 Å². The van der Waals surface area contributed by atoms with Crippen molar-refractivity contribution in [1.29, 1.82) is 5.26 Å². The van der Waals surface area contributed by atoms with E-state index in [0.717, 1.165) is 23.3 Å². The molecule has 5 heteroatoms. The number of alkyl halides is 3. The Morgan fingerprint density at radius 3 is 2.14 bits per heavy atom. The van der Waals surface area contributed by atoms with Crippen LogP contribution in [0.2, 0.25) is 0 Å². The van der Waals surface area contributed by atoms with Crippen LogP contribution in [0, 0.1) is 11.3 Å². The average molecular weight is 291 g/mol. The molecule has 2 aromatic rings. The molecule has 0 aliphatic carbocycles. The van der Waals surface area contributed by atoms with E-state index >= 15 is 0 Å². The van der Waals surface area contributed by atoms with Gasteiger partial charge in [0.1, 0.15) is 12.4 Å². The highest BCUT2D eigenvalue weighted by Gasteiger charge is 2.29. The number of hydrogen-bond acceptors (Lipinski definition) is 2. The summed E-state index contributed by atoms with van der Waals surface area (Å²) in [6.45, 7) is 0.212. The van der Waals surface area contributed by atoms with Crippen LogP contribution in [-0.4, -0.2) is 0 Å². The lowest BCUT2D eigenvalue weighted by Crippen LogP contribution is -2.04. The summed E-state index contributed by atoms with van der Waals surface area (Å²) < 4.78 is 42.8. The van der Waals surface area contributed by atoms with Crippen molar-refractivity contribution in [3.63, 3.8) is 0 Å². The number of benzene rings is 2. The van der Waals surface area contributed by atoms with Crippen LogP contribution in [0.1, 0.15) is 16.7 Å². The monoisotopic (exact) mass is 291 g/mol. The number of nitriles is 1. The van der Waals surface area contributed by atoms with Crippen LogP contribution in [0.25, 0.3) is 0 Å². The Bertz CT molecular complexity index is 642. The Kier molecular flexibility index (Phi) is 4.49. The van der Waals surface area contributed by atoms with Gasteiger partial charge < -0.3 is 4.74 Å². The smallest absolute Gasteiger partial charge is 0.416 e. The van der Waals surface area contributed by atoms with E-state index in [1.807, 2.05) is 24.3 Å². The van der Waals surface area contributed by atoms with Crippen LogP contribution in [0.15, 0.2) is 48.5 Å². The van der Waals surface area contributed by atoms with Crippen LogP contribution in [-0.2, 0) is 19.2 Å². The average Bonchev–Trinajstić information content (AvgIpc) is 2.46. The zero-order valence-corrected chi connectivity index (χ0v) is 11.0. The van der Waals surface area contributed by atoms with Gasteiger partial charge in [-0.3, -0.25) is 0 Å². The van der Waals surface area contributed by atoms with Gasteiger partial charge in [-0.15, -0.1) is 0 Å². The first-order valence-corrected chi connectivity index (χ1v) is 6.24. The summed E-state index contributed by atoms with van der Waals surface area (Å²) in [4.78, 5) is 0. The van der Waals surface area contributed by atoms with Crippen LogP contribution in [0.5, 0.6) is 5.75 Å². The zero-order chi connectivity index (χ0) is 15.3. The molecule has 0 aliphatic heterocycles. The van der Waals surface area contributed by atoms with E-state index in [4.69, 9.17) is 10.00 Å². The summed E-state index contributed by atoms with van der Waals surface area (Å²) in [7, 11) is 0. The van der Waals surface area contributed by atoms with E-state index < -0.39 is 11.7 Å². The quantitative estimate of drug-likeness (QED) is 0.839. The number of ether oxygens (including phenoxy) is 1. The van der Waals surface area contributed by atoms with Crippen LogP contribution in [0.4, 0.5) is 13.2 Å². The second-order valence-corrected chi connectivity index (χ2v) is 4.41. The third-order valence-corrected chi connectivity index (χ3v) is 2.96. The van der Waals surface area contributed by atoms with Crippen molar-refractivity contribution in [3.05, 3.63) is 65.2 Å². The molecule has 0 atom stereocenters. The molecule has 0 unspecified atom stereocenters. The molecule has 0 fully saturated rings. The maximum Gasteiger partial charge on any atom is 0.416 e. The lowest BCUT2D eigenvalue weighted by molar-refractivity contribution is -0.137. The summed E-state index contributed by atoms with van der Waals surface area (Å²) >= 11 is 0. The standard InChI is InChI=1S/C16H12F3NO/c17-16(18,19)14-5-7-15(8-6-14)21-11-13-4-2-1-3-12(13)9-10-20/h1-8H,9,11H2. The Morgan fingerprint density at radius 2 is 1.57 bits per heavy atom. The lowest BCUT2D eigenvalue weighted by atomic mass is 10.1. The second-order valence-electron chi connectivity index (χ2n) is 4.41.